The summed E-state index contributed by atoms with van der Waals surface area (Å²) >= 11 is 1.48. The van der Waals surface area contributed by atoms with Crippen LogP contribution in [-0.4, -0.2) is 213 Å². The van der Waals surface area contributed by atoms with Crippen LogP contribution in [0, 0.1) is 29.6 Å². The van der Waals surface area contributed by atoms with Crippen molar-refractivity contribution in [3.05, 3.63) is 66.5 Å². The molecule has 0 saturated carbocycles. The molecule has 0 bridgehead atoms. The molecule has 0 aliphatic carbocycles. The van der Waals surface area contributed by atoms with E-state index >= 15 is 0 Å². The van der Waals surface area contributed by atoms with Crippen molar-refractivity contribution in [1.82, 2.24) is 62.1 Å². The van der Waals surface area contributed by atoms with Gasteiger partial charge in [0, 0.05) is 117 Å². The number of rotatable bonds is 55. The van der Waals surface area contributed by atoms with E-state index in [1.54, 1.807) is 50.5 Å². The van der Waals surface area contributed by atoms with Crippen molar-refractivity contribution in [3.63, 3.8) is 0 Å². The SMILES string of the molecule is CSCCC(CC(=O)C(CC(C)C)NC(=O)C(CCCCN)CC(=O)C(CCC(N)=O)NC(=O)C(CCCN=C(N)N)NC(=O)C(CCCCN)NC(=O)C(CCCN=C(N)N)NC(=O)C(CCC(N)=O)NC(=O)C(CC(=O)CCNC(=O)c1ccc(-c2nc3c4cccnc4c4ncccc4c3[nH]2)cc1)C(C)C)C(=O)N1CCCC1C(N)=O. The van der Waals surface area contributed by atoms with Crippen molar-refractivity contribution in [2.24, 2.45) is 91.2 Å². The standard InChI is InChI=1S/C81H121N23O14S/c1-45(2)41-60(63(107)43-50(31-40-119-5)79(118)104-39-14-21-61(104)70(86)110)101-73(112)49(15-6-8-32-82)42-62(106)55(26-28-64(84)108)96-75(114)57(19-12-36-94-80(87)88)99-76(115)56(18-7-9-33-83)98-77(116)58(20-13-37-95-81(89)90)100-78(117)59(27-29-65(85)109)97-74(113)54(46(3)4)44-51(105)30-38-93-72(111)48-24-22-47(23-25-48)71-102-68-52-16-10-34-91-66(52)67-53(69(68)103-71)17-11-35-92-67/h10-11,16-17,22-25,34-35,45-46,49-50,54-61H,6-9,12-15,18-21,26-33,36-44,82-83H2,1-5H3,(H2,84,108)(H2,85,109)(H2,86,110)(H,93,111)(H,96,114)(H,97,113)(H,98,116)(H,99,115)(H,100,117)(H,101,112)(H,102,103)(H4,87,88,94)(H4,89,90,95). The summed E-state index contributed by atoms with van der Waals surface area (Å²) in [6.45, 7) is 7.59. The van der Waals surface area contributed by atoms with Gasteiger partial charge in [0.1, 0.15) is 41.8 Å². The van der Waals surface area contributed by atoms with Gasteiger partial charge < -0.3 is 98.7 Å². The molecule has 10 unspecified atom stereocenters. The number of ketones is 3. The summed E-state index contributed by atoms with van der Waals surface area (Å²) in [5.41, 5.74) is 55.1. The van der Waals surface area contributed by atoms with Gasteiger partial charge in [0.2, 0.25) is 59.1 Å². The number of aliphatic imine (C=N–C) groups is 2. The molecule has 38 heteroatoms. The lowest BCUT2D eigenvalue weighted by Gasteiger charge is -2.29. The number of imidazole rings is 1. The van der Waals surface area contributed by atoms with Crippen LogP contribution in [0.25, 0.3) is 44.2 Å². The second-order valence-corrected chi connectivity index (χ2v) is 31.9. The fourth-order valence-electron chi connectivity index (χ4n) is 14.3. The van der Waals surface area contributed by atoms with Gasteiger partial charge in [-0.2, -0.15) is 11.8 Å². The van der Waals surface area contributed by atoms with Crippen LogP contribution in [-0.2, 0) is 62.3 Å². The molecule has 26 N–H and O–H groups in total. The number of nitrogens with two attached hydrogens (primary N) is 9. The molecule has 3 aromatic heterocycles. The van der Waals surface area contributed by atoms with Crippen molar-refractivity contribution in [3.8, 4) is 11.4 Å². The summed E-state index contributed by atoms with van der Waals surface area (Å²) in [5.74, 6) is -13.1. The number of unbranched alkanes of at least 4 members (excludes halogenated alkanes) is 2. The highest BCUT2D eigenvalue weighted by molar-refractivity contribution is 7.98. The van der Waals surface area contributed by atoms with E-state index in [0.717, 1.165) is 21.8 Å². The molecular weight excluding hydrogens is 1550 g/mol. The summed E-state index contributed by atoms with van der Waals surface area (Å²) in [6, 6.07) is 4.79. The van der Waals surface area contributed by atoms with Crippen LogP contribution in [0.4, 0.5) is 0 Å². The van der Waals surface area contributed by atoms with E-state index in [4.69, 9.17) is 56.6 Å². The Hall–Kier alpha value is -11.3. The minimum absolute atomic E-state index is 0.0440. The van der Waals surface area contributed by atoms with Crippen molar-refractivity contribution in [2.45, 2.75) is 211 Å². The molecule has 0 radical (unpaired) electrons. The molecule has 119 heavy (non-hydrogen) atoms. The molecule has 0 spiro atoms. The van der Waals surface area contributed by atoms with Crippen LogP contribution in [0.15, 0.2) is 70.9 Å². The van der Waals surface area contributed by atoms with E-state index in [1.807, 2.05) is 44.4 Å². The number of H-pyrrole nitrogens is 1. The first-order valence-electron chi connectivity index (χ1n) is 40.7. The molecule has 2 aromatic carbocycles. The Morgan fingerprint density at radius 2 is 1.03 bits per heavy atom. The quantitative estimate of drug-likeness (QED) is 0.0111. The molecule has 10 atom stereocenters. The van der Waals surface area contributed by atoms with Gasteiger partial charge in [-0.1, -0.05) is 46.2 Å². The minimum Gasteiger partial charge on any atom is -0.370 e. The Balaban J connectivity index is 1.17. The molecule has 6 rings (SSSR count). The van der Waals surface area contributed by atoms with Gasteiger partial charge in [-0.05, 0) is 170 Å². The Bertz CT molecular complexity index is 4320. The number of nitrogens with one attached hydrogen (secondary N) is 8. The Labute approximate surface area is 696 Å². The zero-order valence-corrected chi connectivity index (χ0v) is 69.5. The highest BCUT2D eigenvalue weighted by Gasteiger charge is 2.40. The minimum atomic E-state index is -1.54. The van der Waals surface area contributed by atoms with Gasteiger partial charge in [-0.15, -0.1) is 0 Å². The zero-order valence-electron chi connectivity index (χ0n) is 68.7. The average molecular weight is 1670 g/mol. The highest BCUT2D eigenvalue weighted by atomic mass is 32.2. The number of likely N-dealkylation sites (tertiary alicyclic amines) is 1. The normalized spacial score (nSPS) is 14.9. The maximum absolute atomic E-state index is 14.9. The number of nitrogens with zero attached hydrogens (tertiary/aromatic N) is 6. The van der Waals surface area contributed by atoms with Gasteiger partial charge in [-0.3, -0.25) is 87.1 Å². The molecule has 1 aliphatic rings. The number of Topliss-reactive ketones (excluding diaryl/α,β-unsaturated/α-hetero) is 3. The largest absolute Gasteiger partial charge is 0.370 e. The number of aromatic nitrogens is 4. The number of hydrogen-bond donors (Lipinski definition) is 17. The summed E-state index contributed by atoms with van der Waals surface area (Å²) < 4.78 is 0. The lowest BCUT2D eigenvalue weighted by molar-refractivity contribution is -0.142. The molecule has 37 nitrogen and oxygen atoms in total. The van der Waals surface area contributed by atoms with Crippen molar-refractivity contribution >= 4 is 139 Å². The summed E-state index contributed by atoms with van der Waals surface area (Å²) in [5, 5.41) is 20.7. The van der Waals surface area contributed by atoms with E-state index in [1.165, 1.54) is 16.7 Å². The van der Waals surface area contributed by atoms with Crippen molar-refractivity contribution in [1.29, 1.82) is 0 Å². The van der Waals surface area contributed by atoms with Gasteiger partial charge in [-0.25, -0.2) is 4.98 Å². The number of primary amides is 3. The fourth-order valence-corrected chi connectivity index (χ4v) is 14.8. The smallest absolute Gasteiger partial charge is 0.251 e. The van der Waals surface area contributed by atoms with Crippen LogP contribution in [0.3, 0.4) is 0 Å². The van der Waals surface area contributed by atoms with Crippen molar-refractivity contribution < 1.29 is 67.1 Å². The zero-order chi connectivity index (χ0) is 87.4. The predicted molar refractivity (Wildman–Crippen MR) is 454 cm³/mol. The number of carbonyl (C=O) groups excluding carboxylic acids is 14. The molecule has 1 fully saturated rings. The van der Waals surface area contributed by atoms with Crippen LogP contribution >= 0.6 is 11.8 Å². The van der Waals surface area contributed by atoms with Crippen LogP contribution in [0.5, 0.6) is 0 Å². The number of amides is 11. The number of thioether (sulfide) groups is 1. The number of carbonyl (C=O) groups is 14. The number of aromatic amines is 1. The fraction of sp³-hybridized carbons (Fsp3) is 0.568. The second-order valence-electron chi connectivity index (χ2n) is 30.9. The first-order chi connectivity index (χ1) is 56.7. The number of pyridine rings is 2. The van der Waals surface area contributed by atoms with Crippen LogP contribution in [0.1, 0.15) is 179 Å². The van der Waals surface area contributed by atoms with Gasteiger partial charge >= 0.3 is 0 Å². The van der Waals surface area contributed by atoms with Crippen LogP contribution in [0.2, 0.25) is 0 Å². The third-order valence-corrected chi connectivity index (χ3v) is 21.4. The van der Waals surface area contributed by atoms with Gasteiger partial charge in [0.25, 0.3) is 5.91 Å². The number of fused-ring (bicyclic) bond motifs is 6. The number of guanidine groups is 2. The Morgan fingerprint density at radius 3 is 1.56 bits per heavy atom. The van der Waals surface area contributed by atoms with E-state index in [2.05, 4.69) is 62.2 Å². The lowest BCUT2D eigenvalue weighted by Crippen LogP contribution is -2.59. The summed E-state index contributed by atoms with van der Waals surface area (Å²) in [6.07, 6.45) is 4.92. The first kappa shape index (κ1) is 96.6. The van der Waals surface area contributed by atoms with Crippen LogP contribution < -0.4 is 88.8 Å². The lowest BCUT2D eigenvalue weighted by atomic mass is 9.88. The number of benzene rings is 2. The molecule has 11 amide bonds. The molecular formula is C81H121N23O14S. The maximum Gasteiger partial charge on any atom is 0.251 e. The Morgan fingerprint density at radius 1 is 0.538 bits per heavy atom. The topological polar surface area (TPSA) is 640 Å². The summed E-state index contributed by atoms with van der Waals surface area (Å²) in [7, 11) is 0. The van der Waals surface area contributed by atoms with Crippen molar-refractivity contribution in [2.75, 3.05) is 51.3 Å². The molecule has 5 aromatic rings. The third kappa shape index (κ3) is 30.9. The molecule has 4 heterocycles. The maximum atomic E-state index is 14.9. The average Bonchev–Trinajstić information content (AvgIpc) is 1.63. The summed E-state index contributed by atoms with van der Waals surface area (Å²) in [4.78, 5) is 223. The Kier molecular flexibility index (Phi) is 39.9. The predicted octanol–water partition coefficient (Wildman–Crippen LogP) is 0.909. The first-order valence-corrected chi connectivity index (χ1v) is 42.1. The van der Waals surface area contributed by atoms with E-state index in [9.17, 15) is 67.1 Å². The van der Waals surface area contributed by atoms with E-state index in [0.29, 0.717) is 78.8 Å². The monoisotopic (exact) mass is 1670 g/mol. The molecule has 1 saturated heterocycles. The molecule has 650 valence electrons. The highest BCUT2D eigenvalue weighted by Crippen LogP contribution is 2.34. The van der Waals surface area contributed by atoms with E-state index in [-0.39, 0.29) is 140 Å². The molecule has 1 aliphatic heterocycles. The number of hydrogen-bond acceptors (Lipinski definition) is 22. The second kappa shape index (κ2) is 49.2. The van der Waals surface area contributed by atoms with Gasteiger partial charge in [0.05, 0.1) is 34.2 Å². The van der Waals surface area contributed by atoms with Gasteiger partial charge in [0.15, 0.2) is 23.5 Å². The third-order valence-electron chi connectivity index (χ3n) is 20.8. The van der Waals surface area contributed by atoms with E-state index < -0.39 is 162 Å².